The molecule has 0 unspecified atom stereocenters. The Morgan fingerprint density at radius 3 is 0.400 bits per heavy atom. The number of hydrogen-bond donors (Lipinski definition) is 0. The Morgan fingerprint density at radius 2 is 0.400 bits per heavy atom. The number of rotatable bonds is 0. The van der Waals surface area contributed by atoms with E-state index in [1.54, 1.807) is 0 Å². The van der Waals surface area contributed by atoms with Crippen molar-refractivity contribution in [1.29, 1.82) is 0 Å². The molecule has 138 valence electrons. The minimum atomic E-state index is 0. The average Bonchev–Trinajstić information content (AvgIpc) is 2.40. The van der Waals surface area contributed by atoms with Gasteiger partial charge in [-0.1, -0.05) is 109 Å². The summed E-state index contributed by atoms with van der Waals surface area (Å²) >= 11 is 4.24. The molecule has 0 saturated heterocycles. The van der Waals surface area contributed by atoms with Crippen LogP contribution in [0.4, 0.5) is 0 Å². The van der Waals surface area contributed by atoms with Crippen LogP contribution in [0.1, 0.15) is 109 Å². The van der Waals surface area contributed by atoms with Crippen LogP contribution in [0.15, 0.2) is 0 Å². The molecule has 0 aromatic heterocycles. The fraction of sp³-hybridized carbons (Fsp3) is 1.00. The first kappa shape index (κ1) is 56.4. The molecule has 20 heavy (non-hydrogen) atoms. The predicted octanol–water partition coefficient (Wildman–Crippen LogP) is 9.49. The van der Waals surface area contributed by atoms with E-state index in [1.807, 2.05) is 27.7 Å². The third-order valence-electron chi connectivity index (χ3n) is 0. The molecule has 0 saturated carbocycles. The smallest absolute Gasteiger partial charge is 0 e. The molecule has 0 amide bonds. The molecule has 0 aliphatic rings. The zero-order valence-corrected chi connectivity index (χ0v) is 22.0. The zero-order chi connectivity index (χ0) is 16.8. The fourth-order valence-electron chi connectivity index (χ4n) is 0. The van der Waals surface area contributed by atoms with Gasteiger partial charge in [-0.3, -0.25) is 0 Å². The second-order valence-corrected chi connectivity index (χ2v) is 2.83. The summed E-state index contributed by atoms with van der Waals surface area (Å²) in [4.78, 5) is 0. The summed E-state index contributed by atoms with van der Waals surface area (Å²) in [6.07, 6.45) is 5.00. The third-order valence-corrected chi connectivity index (χ3v) is 0. The summed E-state index contributed by atoms with van der Waals surface area (Å²) in [7, 11) is 0. The largest absolute Gasteiger partial charge is 0.0683 e. The molecule has 0 aromatic rings. The van der Waals surface area contributed by atoms with Crippen molar-refractivity contribution in [3.05, 3.63) is 0 Å². The molecule has 0 spiro atoms. The van der Waals surface area contributed by atoms with Crippen molar-refractivity contribution in [2.45, 2.75) is 109 Å². The molecule has 4 heteroatoms. The Bertz CT molecular complexity index is 26.4. The van der Waals surface area contributed by atoms with Crippen LogP contribution in [0.2, 0.25) is 0 Å². The van der Waals surface area contributed by atoms with Gasteiger partial charge in [-0.05, 0) is 0 Å². The standard InChI is InChI=1S/4C3H8.2C2H6.2Ar.I2/c4*1-3-2;2*1-2;;;1-2/h4*3H2,1-2H3;2*1-2H3;;;. The maximum absolute atomic E-state index is 2.12. The van der Waals surface area contributed by atoms with Crippen molar-refractivity contribution in [1.82, 2.24) is 0 Å². The first-order chi connectivity index (χ1) is 8.66. The Labute approximate surface area is 217 Å². The molecule has 0 rings (SSSR count). The molecule has 0 aliphatic carbocycles. The van der Waals surface area contributed by atoms with Gasteiger partial charge in [0.05, 0.1) is 0 Å². The molecular formula is C16H44Ar2I2. The SMILES string of the molecule is CC.CC.CCC.CCC.CCC.CCC.II.[Ar].[Ar]. The summed E-state index contributed by atoms with van der Waals surface area (Å²) in [5.74, 6) is 0. The van der Waals surface area contributed by atoms with Gasteiger partial charge < -0.3 is 0 Å². The van der Waals surface area contributed by atoms with Crippen molar-refractivity contribution in [3.8, 4) is 0 Å². The van der Waals surface area contributed by atoms with Gasteiger partial charge >= 0.3 is 0 Å². The van der Waals surface area contributed by atoms with E-state index in [0.717, 1.165) is 0 Å². The van der Waals surface area contributed by atoms with Crippen molar-refractivity contribution in [2.75, 3.05) is 0 Å². The van der Waals surface area contributed by atoms with Crippen molar-refractivity contribution < 1.29 is 75.5 Å². The Hall–Kier alpha value is 3.98. The van der Waals surface area contributed by atoms with E-state index in [1.165, 1.54) is 25.7 Å². The van der Waals surface area contributed by atoms with E-state index >= 15 is 0 Å². The van der Waals surface area contributed by atoms with Crippen LogP contribution >= 0.6 is 37.2 Å². The third kappa shape index (κ3) is 611. The Morgan fingerprint density at radius 1 is 0.400 bits per heavy atom. The second-order valence-electron chi connectivity index (χ2n) is 2.83. The van der Waals surface area contributed by atoms with Crippen molar-refractivity contribution in [2.24, 2.45) is 0 Å². The van der Waals surface area contributed by atoms with Crippen LogP contribution in [0, 0.1) is 75.5 Å². The first-order valence-electron chi connectivity index (χ1n) is 7.80. The fourth-order valence-corrected chi connectivity index (χ4v) is 0. The van der Waals surface area contributed by atoms with Gasteiger partial charge in [-0.2, -0.15) is 0 Å². The van der Waals surface area contributed by atoms with Crippen molar-refractivity contribution in [3.63, 3.8) is 0 Å². The van der Waals surface area contributed by atoms with Gasteiger partial charge in [-0.15, -0.1) is 0 Å². The molecular weight excluding hydrogens is 526 g/mol. The minimum absolute atomic E-state index is 0. The Kier molecular flexibility index (Phi) is 492. The van der Waals surface area contributed by atoms with Gasteiger partial charge in [0.25, 0.3) is 0 Å². The van der Waals surface area contributed by atoms with E-state index in [0.29, 0.717) is 0 Å². The molecule has 0 heterocycles. The van der Waals surface area contributed by atoms with Crippen LogP contribution < -0.4 is 0 Å². The van der Waals surface area contributed by atoms with Gasteiger partial charge in [0.2, 0.25) is 0 Å². The van der Waals surface area contributed by atoms with E-state index in [9.17, 15) is 0 Å². The van der Waals surface area contributed by atoms with Gasteiger partial charge in [-0.25, -0.2) is 0 Å². The summed E-state index contributed by atoms with van der Waals surface area (Å²) < 4.78 is 0. The number of halogens is 2. The molecule has 0 aromatic carbocycles. The summed E-state index contributed by atoms with van der Waals surface area (Å²) in [6.45, 7) is 25.0. The molecule has 0 radical (unpaired) electrons. The molecule has 0 N–H and O–H groups in total. The quantitative estimate of drug-likeness (QED) is 0.255. The summed E-state index contributed by atoms with van der Waals surface area (Å²) in [5.41, 5.74) is 0. The second kappa shape index (κ2) is 174. The van der Waals surface area contributed by atoms with E-state index < -0.39 is 0 Å². The molecule has 0 fully saturated rings. The predicted molar refractivity (Wildman–Crippen MR) is 115 cm³/mol. The van der Waals surface area contributed by atoms with Crippen LogP contribution in [-0.4, -0.2) is 0 Å². The van der Waals surface area contributed by atoms with E-state index in [2.05, 4.69) is 92.6 Å². The van der Waals surface area contributed by atoms with E-state index in [-0.39, 0.29) is 75.5 Å². The normalized spacial score (nSPS) is 4.50. The van der Waals surface area contributed by atoms with Crippen LogP contribution in [0.25, 0.3) is 0 Å². The van der Waals surface area contributed by atoms with Crippen LogP contribution in [-0.2, 0) is 0 Å². The summed E-state index contributed by atoms with van der Waals surface area (Å²) in [5, 5.41) is 0. The zero-order valence-electron chi connectivity index (χ0n) is 16.3. The molecule has 0 atom stereocenters. The van der Waals surface area contributed by atoms with Crippen LogP contribution in [0.5, 0.6) is 0 Å². The maximum atomic E-state index is 2.12. The topological polar surface area (TPSA) is 0 Å². The van der Waals surface area contributed by atoms with Gasteiger partial charge in [0.15, 0.2) is 0 Å². The molecule has 0 aliphatic heterocycles. The maximum Gasteiger partial charge on any atom is 0 e. The van der Waals surface area contributed by atoms with Gasteiger partial charge in [0, 0.05) is 113 Å². The summed E-state index contributed by atoms with van der Waals surface area (Å²) in [6, 6.07) is 0. The molecule has 0 bridgehead atoms. The number of hydrogen-bond acceptors (Lipinski definition) is 0. The Balaban J connectivity index is -0.0000000100. The monoisotopic (exact) mass is 570 g/mol. The van der Waals surface area contributed by atoms with Crippen molar-refractivity contribution >= 4 is 37.2 Å². The first-order valence-corrected chi connectivity index (χ1v) is 14.1. The van der Waals surface area contributed by atoms with Crippen LogP contribution in [0.3, 0.4) is 0 Å². The molecule has 0 nitrogen and oxygen atoms in total. The van der Waals surface area contributed by atoms with E-state index in [4.69, 9.17) is 0 Å². The average molecular weight is 570 g/mol. The minimum Gasteiger partial charge on any atom is -0.0683 e. The van der Waals surface area contributed by atoms with Gasteiger partial charge in [0.1, 0.15) is 0 Å².